The summed E-state index contributed by atoms with van der Waals surface area (Å²) in [5, 5.41) is 9.04. The summed E-state index contributed by atoms with van der Waals surface area (Å²) in [6, 6.07) is 17.0. The van der Waals surface area contributed by atoms with Crippen molar-refractivity contribution < 1.29 is 4.39 Å². The first-order valence-electron chi connectivity index (χ1n) is 9.48. The van der Waals surface area contributed by atoms with E-state index in [1.54, 1.807) is 23.9 Å². The third kappa shape index (κ3) is 4.57. The molecule has 0 atom stereocenters. The van der Waals surface area contributed by atoms with E-state index in [9.17, 15) is 4.39 Å². The van der Waals surface area contributed by atoms with Crippen molar-refractivity contribution in [3.05, 3.63) is 71.9 Å². The van der Waals surface area contributed by atoms with E-state index in [0.717, 1.165) is 33.7 Å². The molecule has 8 heteroatoms. The number of aryl methyl sites for hydroxylation is 1. The molecule has 2 aromatic heterocycles. The molecule has 6 nitrogen and oxygen atoms in total. The summed E-state index contributed by atoms with van der Waals surface area (Å²) < 4.78 is 14.3. The number of aromatic nitrogens is 3. The molecular formula is C23H21FN6S. The number of pyridine rings is 1. The molecule has 0 saturated carbocycles. The molecule has 31 heavy (non-hydrogen) atoms. The van der Waals surface area contributed by atoms with E-state index in [2.05, 4.69) is 34.0 Å². The molecule has 4 rings (SSSR count). The Morgan fingerprint density at radius 2 is 1.71 bits per heavy atom. The number of hydrogen-bond donors (Lipinski definition) is 2. The van der Waals surface area contributed by atoms with Gasteiger partial charge in [-0.1, -0.05) is 43.3 Å². The van der Waals surface area contributed by atoms with Crippen LogP contribution in [0.15, 0.2) is 59.8 Å². The van der Waals surface area contributed by atoms with Crippen LogP contribution >= 0.6 is 11.8 Å². The SMILES string of the molecule is CCc1nc2cccc(F)c2c(SC)c1-c1ccccc1.N#Cc1c(N)ncnc1N. The lowest BCUT2D eigenvalue weighted by Crippen LogP contribution is -2.01. The molecule has 2 heterocycles. The molecule has 0 saturated heterocycles. The number of hydrogen-bond acceptors (Lipinski definition) is 7. The summed E-state index contributed by atoms with van der Waals surface area (Å²) in [5.41, 5.74) is 14.6. The van der Waals surface area contributed by atoms with Crippen LogP contribution in [0.4, 0.5) is 16.0 Å². The summed E-state index contributed by atoms with van der Waals surface area (Å²) in [5.74, 6) is 0.0363. The second kappa shape index (κ2) is 9.87. The topological polar surface area (TPSA) is 114 Å². The van der Waals surface area contributed by atoms with Crippen molar-refractivity contribution >= 4 is 34.3 Å². The van der Waals surface area contributed by atoms with Gasteiger partial charge in [0.05, 0.1) is 10.9 Å². The number of anilines is 2. The highest BCUT2D eigenvalue weighted by Crippen LogP contribution is 2.39. The van der Waals surface area contributed by atoms with E-state index in [-0.39, 0.29) is 23.0 Å². The van der Waals surface area contributed by atoms with Crippen LogP contribution in [0.5, 0.6) is 0 Å². The van der Waals surface area contributed by atoms with Crippen molar-refractivity contribution in [2.75, 3.05) is 17.7 Å². The summed E-state index contributed by atoms with van der Waals surface area (Å²) >= 11 is 1.58. The first-order valence-corrected chi connectivity index (χ1v) is 10.7. The fraction of sp³-hybridized carbons (Fsp3) is 0.130. The van der Waals surface area contributed by atoms with Gasteiger partial charge in [-0.25, -0.2) is 14.4 Å². The Kier molecular flexibility index (Phi) is 7.00. The van der Waals surface area contributed by atoms with Crippen LogP contribution in [0.3, 0.4) is 0 Å². The maximum absolute atomic E-state index is 14.3. The summed E-state index contributed by atoms with van der Waals surface area (Å²) in [6.45, 7) is 2.09. The van der Waals surface area contributed by atoms with Crippen LogP contribution in [0.2, 0.25) is 0 Å². The lowest BCUT2D eigenvalue weighted by molar-refractivity contribution is 0.637. The van der Waals surface area contributed by atoms with Gasteiger partial charge in [-0.2, -0.15) is 5.26 Å². The minimum absolute atomic E-state index is 0.120. The van der Waals surface area contributed by atoms with E-state index in [1.807, 2.05) is 30.5 Å². The second-order valence-electron chi connectivity index (χ2n) is 6.45. The Labute approximate surface area is 184 Å². The fourth-order valence-corrected chi connectivity index (χ4v) is 4.02. The molecule has 4 N–H and O–H groups in total. The number of halogens is 1. The maximum atomic E-state index is 14.3. The average Bonchev–Trinajstić information content (AvgIpc) is 2.79. The number of nitrogens with zero attached hydrogens (tertiary/aromatic N) is 4. The van der Waals surface area contributed by atoms with Gasteiger partial charge < -0.3 is 11.5 Å². The Hall–Kier alpha value is -3.70. The van der Waals surface area contributed by atoms with Gasteiger partial charge in [0, 0.05) is 16.2 Å². The lowest BCUT2D eigenvalue weighted by Gasteiger charge is -2.15. The van der Waals surface area contributed by atoms with Gasteiger partial charge in [-0.05, 0) is 30.4 Å². The molecule has 0 fully saturated rings. The van der Waals surface area contributed by atoms with Crippen molar-refractivity contribution in [1.82, 2.24) is 15.0 Å². The molecule has 0 bridgehead atoms. The molecular weight excluding hydrogens is 411 g/mol. The van der Waals surface area contributed by atoms with Crippen molar-refractivity contribution in [2.45, 2.75) is 18.2 Å². The van der Waals surface area contributed by atoms with E-state index < -0.39 is 0 Å². The van der Waals surface area contributed by atoms with E-state index in [1.165, 1.54) is 12.4 Å². The van der Waals surface area contributed by atoms with Gasteiger partial charge in [-0.3, -0.25) is 4.98 Å². The Bertz CT molecular complexity index is 1230. The third-order valence-electron chi connectivity index (χ3n) is 4.61. The van der Waals surface area contributed by atoms with Crippen molar-refractivity contribution in [3.8, 4) is 17.2 Å². The van der Waals surface area contributed by atoms with E-state index in [4.69, 9.17) is 16.7 Å². The van der Waals surface area contributed by atoms with Crippen LogP contribution in [-0.4, -0.2) is 21.2 Å². The minimum Gasteiger partial charge on any atom is -0.382 e. The van der Waals surface area contributed by atoms with Gasteiger partial charge in [0.25, 0.3) is 0 Å². The van der Waals surface area contributed by atoms with Crippen LogP contribution < -0.4 is 11.5 Å². The van der Waals surface area contributed by atoms with Gasteiger partial charge in [0.2, 0.25) is 0 Å². The van der Waals surface area contributed by atoms with Crippen molar-refractivity contribution in [2.24, 2.45) is 0 Å². The number of nitriles is 1. The number of thioether (sulfide) groups is 1. The molecule has 0 unspecified atom stereocenters. The molecule has 0 aliphatic carbocycles. The normalized spacial score (nSPS) is 10.3. The first kappa shape index (κ1) is 22.0. The first-order chi connectivity index (χ1) is 15.0. The quantitative estimate of drug-likeness (QED) is 0.445. The standard InChI is InChI=1S/C18H16FNS.C5H5N5/c1-3-14-16(12-8-5-4-6-9-12)18(21-2)17-13(19)10-7-11-15(17)20-14;6-1-3-4(7)9-2-10-5(3)8/h4-11H,3H2,1-2H3;2H,(H4,7,8,9,10). The summed E-state index contributed by atoms with van der Waals surface area (Å²) in [7, 11) is 0. The molecule has 0 spiro atoms. The van der Waals surface area contributed by atoms with Gasteiger partial charge in [0.15, 0.2) is 0 Å². The number of nitrogen functional groups attached to an aromatic ring is 2. The van der Waals surface area contributed by atoms with Gasteiger partial charge >= 0.3 is 0 Å². The zero-order chi connectivity index (χ0) is 22.4. The van der Waals surface area contributed by atoms with Crippen LogP contribution in [0.25, 0.3) is 22.0 Å². The van der Waals surface area contributed by atoms with Crippen LogP contribution in [0, 0.1) is 17.1 Å². The molecule has 0 amide bonds. The number of nitrogens with two attached hydrogens (primary N) is 2. The van der Waals surface area contributed by atoms with E-state index >= 15 is 0 Å². The predicted molar refractivity (Wildman–Crippen MR) is 124 cm³/mol. The second-order valence-corrected chi connectivity index (χ2v) is 7.27. The summed E-state index contributed by atoms with van der Waals surface area (Å²) in [4.78, 5) is 12.8. The van der Waals surface area contributed by atoms with E-state index in [0.29, 0.717) is 5.39 Å². The molecule has 4 aromatic rings. The van der Waals surface area contributed by atoms with Crippen molar-refractivity contribution in [3.63, 3.8) is 0 Å². The van der Waals surface area contributed by atoms with Crippen LogP contribution in [-0.2, 0) is 6.42 Å². The van der Waals surface area contributed by atoms with Crippen molar-refractivity contribution in [1.29, 1.82) is 5.26 Å². The highest BCUT2D eigenvalue weighted by molar-refractivity contribution is 7.99. The largest absolute Gasteiger partial charge is 0.382 e. The molecule has 156 valence electrons. The minimum atomic E-state index is -0.204. The highest BCUT2D eigenvalue weighted by atomic mass is 32.2. The smallest absolute Gasteiger partial charge is 0.146 e. The third-order valence-corrected chi connectivity index (χ3v) is 5.43. The van der Waals surface area contributed by atoms with Gasteiger partial charge in [0.1, 0.15) is 35.4 Å². The maximum Gasteiger partial charge on any atom is 0.146 e. The molecule has 2 aromatic carbocycles. The Morgan fingerprint density at radius 1 is 1.03 bits per heavy atom. The Balaban J connectivity index is 0.000000229. The summed E-state index contributed by atoms with van der Waals surface area (Å²) in [6.07, 6.45) is 4.03. The highest BCUT2D eigenvalue weighted by Gasteiger charge is 2.17. The fourth-order valence-electron chi connectivity index (χ4n) is 3.18. The predicted octanol–water partition coefficient (Wildman–Crippen LogP) is 4.84. The molecule has 0 aliphatic heterocycles. The molecule has 0 radical (unpaired) electrons. The molecule has 0 aliphatic rings. The zero-order valence-electron chi connectivity index (χ0n) is 17.1. The van der Waals surface area contributed by atoms with Crippen LogP contribution in [0.1, 0.15) is 18.2 Å². The number of benzene rings is 2. The monoisotopic (exact) mass is 432 g/mol. The lowest BCUT2D eigenvalue weighted by atomic mass is 10.00. The van der Waals surface area contributed by atoms with Gasteiger partial charge in [-0.15, -0.1) is 11.8 Å². The number of fused-ring (bicyclic) bond motifs is 1. The Morgan fingerprint density at radius 3 is 2.26 bits per heavy atom. The number of rotatable bonds is 3. The average molecular weight is 433 g/mol. The zero-order valence-corrected chi connectivity index (χ0v) is 17.9.